The Morgan fingerprint density at radius 1 is 1.10 bits per heavy atom. The monoisotopic (exact) mass is 380 g/mol. The van der Waals surface area contributed by atoms with E-state index in [9.17, 15) is 4.79 Å². The van der Waals surface area contributed by atoms with E-state index in [1.807, 2.05) is 62.4 Å². The molecule has 0 unspecified atom stereocenters. The Bertz CT molecular complexity index is 611. The number of amides is 1. The Balaban J connectivity index is 2.21. The normalized spacial score (nSPS) is 10.4. The SMILES string of the molecule is CC(C)Nc1ccccc1C(=O)Nc1cccc(I)c1. The molecule has 20 heavy (non-hydrogen) atoms. The van der Waals surface area contributed by atoms with E-state index in [1.54, 1.807) is 0 Å². The minimum atomic E-state index is -0.101. The summed E-state index contributed by atoms with van der Waals surface area (Å²) >= 11 is 2.23. The van der Waals surface area contributed by atoms with Crippen molar-refractivity contribution in [1.82, 2.24) is 0 Å². The zero-order valence-corrected chi connectivity index (χ0v) is 13.6. The van der Waals surface area contributed by atoms with Gasteiger partial charge in [-0.2, -0.15) is 0 Å². The third-order valence-electron chi connectivity index (χ3n) is 2.70. The molecule has 0 atom stereocenters. The summed E-state index contributed by atoms with van der Waals surface area (Å²) in [5.74, 6) is -0.101. The molecule has 0 heterocycles. The molecule has 1 amide bonds. The van der Waals surface area contributed by atoms with Crippen LogP contribution in [0, 0.1) is 3.57 Å². The van der Waals surface area contributed by atoms with Gasteiger partial charge in [-0.3, -0.25) is 4.79 Å². The molecule has 0 aliphatic heterocycles. The highest BCUT2D eigenvalue weighted by atomic mass is 127. The summed E-state index contributed by atoms with van der Waals surface area (Å²) < 4.78 is 1.09. The molecule has 0 aliphatic rings. The van der Waals surface area contributed by atoms with Crippen LogP contribution in [-0.2, 0) is 0 Å². The fourth-order valence-electron chi connectivity index (χ4n) is 1.88. The first kappa shape index (κ1) is 14.8. The van der Waals surface area contributed by atoms with E-state index in [-0.39, 0.29) is 11.9 Å². The van der Waals surface area contributed by atoms with Crippen molar-refractivity contribution < 1.29 is 4.79 Å². The van der Waals surface area contributed by atoms with Crippen LogP contribution >= 0.6 is 22.6 Å². The summed E-state index contributed by atoms with van der Waals surface area (Å²) in [5, 5.41) is 6.22. The fraction of sp³-hybridized carbons (Fsp3) is 0.188. The summed E-state index contributed by atoms with van der Waals surface area (Å²) in [5.41, 5.74) is 2.31. The maximum absolute atomic E-state index is 12.4. The van der Waals surface area contributed by atoms with Gasteiger partial charge in [0.25, 0.3) is 5.91 Å². The van der Waals surface area contributed by atoms with Crippen LogP contribution in [0.5, 0.6) is 0 Å². The predicted octanol–water partition coefficient (Wildman–Crippen LogP) is 4.36. The van der Waals surface area contributed by atoms with Gasteiger partial charge in [0.05, 0.1) is 5.56 Å². The average molecular weight is 380 g/mol. The number of para-hydroxylation sites is 1. The fourth-order valence-corrected chi connectivity index (χ4v) is 2.43. The van der Waals surface area contributed by atoms with Crippen molar-refractivity contribution in [3.63, 3.8) is 0 Å². The van der Waals surface area contributed by atoms with E-state index in [0.29, 0.717) is 5.56 Å². The Kier molecular flexibility index (Phi) is 5.00. The van der Waals surface area contributed by atoms with Gasteiger partial charge in [0.2, 0.25) is 0 Å². The number of carbonyl (C=O) groups excluding carboxylic acids is 1. The Labute approximate surface area is 132 Å². The van der Waals surface area contributed by atoms with Gasteiger partial charge >= 0.3 is 0 Å². The van der Waals surface area contributed by atoms with Gasteiger partial charge in [0.15, 0.2) is 0 Å². The topological polar surface area (TPSA) is 41.1 Å². The first-order chi connectivity index (χ1) is 9.56. The zero-order valence-electron chi connectivity index (χ0n) is 11.5. The summed E-state index contributed by atoms with van der Waals surface area (Å²) in [6.07, 6.45) is 0. The number of carbonyl (C=O) groups is 1. The summed E-state index contributed by atoms with van der Waals surface area (Å²) in [6, 6.07) is 15.6. The lowest BCUT2D eigenvalue weighted by Gasteiger charge is -2.14. The van der Waals surface area contributed by atoms with Gasteiger partial charge in [0, 0.05) is 21.0 Å². The standard InChI is InChI=1S/C16H17IN2O/c1-11(2)18-15-9-4-3-8-14(15)16(20)19-13-7-5-6-12(17)10-13/h3-11,18H,1-2H3,(H,19,20). The number of benzene rings is 2. The van der Waals surface area contributed by atoms with Gasteiger partial charge in [-0.1, -0.05) is 18.2 Å². The number of hydrogen-bond acceptors (Lipinski definition) is 2. The molecule has 2 aromatic rings. The average Bonchev–Trinajstić information content (AvgIpc) is 2.38. The number of anilines is 2. The summed E-state index contributed by atoms with van der Waals surface area (Å²) in [4.78, 5) is 12.4. The van der Waals surface area contributed by atoms with Crippen molar-refractivity contribution in [3.8, 4) is 0 Å². The van der Waals surface area contributed by atoms with Crippen molar-refractivity contribution in [3.05, 3.63) is 57.7 Å². The van der Waals surface area contributed by atoms with E-state index in [4.69, 9.17) is 0 Å². The smallest absolute Gasteiger partial charge is 0.257 e. The van der Waals surface area contributed by atoms with Crippen molar-refractivity contribution in [2.45, 2.75) is 19.9 Å². The largest absolute Gasteiger partial charge is 0.382 e. The second-order valence-corrected chi connectivity index (χ2v) is 6.05. The van der Waals surface area contributed by atoms with E-state index in [2.05, 4.69) is 33.2 Å². The summed E-state index contributed by atoms with van der Waals surface area (Å²) in [6.45, 7) is 4.10. The molecule has 2 N–H and O–H groups in total. The molecule has 0 aliphatic carbocycles. The van der Waals surface area contributed by atoms with Crippen LogP contribution in [0.2, 0.25) is 0 Å². The van der Waals surface area contributed by atoms with E-state index >= 15 is 0 Å². The molecule has 0 saturated heterocycles. The molecule has 0 saturated carbocycles. The molecular weight excluding hydrogens is 363 g/mol. The van der Waals surface area contributed by atoms with E-state index in [0.717, 1.165) is 14.9 Å². The van der Waals surface area contributed by atoms with Crippen LogP contribution in [0.15, 0.2) is 48.5 Å². The number of nitrogens with one attached hydrogen (secondary N) is 2. The van der Waals surface area contributed by atoms with Crippen LogP contribution in [0.25, 0.3) is 0 Å². The molecule has 104 valence electrons. The molecule has 2 aromatic carbocycles. The maximum atomic E-state index is 12.4. The number of rotatable bonds is 4. The molecular formula is C16H17IN2O. The minimum Gasteiger partial charge on any atom is -0.382 e. The van der Waals surface area contributed by atoms with E-state index in [1.165, 1.54) is 0 Å². The third kappa shape index (κ3) is 3.96. The van der Waals surface area contributed by atoms with Crippen LogP contribution in [0.4, 0.5) is 11.4 Å². The van der Waals surface area contributed by atoms with Crippen LogP contribution in [0.1, 0.15) is 24.2 Å². The molecule has 0 spiro atoms. The lowest BCUT2D eigenvalue weighted by Crippen LogP contribution is -2.17. The highest BCUT2D eigenvalue weighted by molar-refractivity contribution is 14.1. The van der Waals surface area contributed by atoms with Crippen molar-refractivity contribution in [1.29, 1.82) is 0 Å². The zero-order chi connectivity index (χ0) is 14.5. The molecule has 0 radical (unpaired) electrons. The van der Waals surface area contributed by atoms with Crippen molar-refractivity contribution in [2.75, 3.05) is 10.6 Å². The third-order valence-corrected chi connectivity index (χ3v) is 3.37. The lowest BCUT2D eigenvalue weighted by atomic mass is 10.1. The van der Waals surface area contributed by atoms with E-state index < -0.39 is 0 Å². The Hall–Kier alpha value is -1.56. The maximum Gasteiger partial charge on any atom is 0.257 e. The van der Waals surface area contributed by atoms with Gasteiger partial charge in [-0.05, 0) is 66.8 Å². The second kappa shape index (κ2) is 6.74. The molecule has 0 aromatic heterocycles. The Morgan fingerprint density at radius 3 is 2.55 bits per heavy atom. The molecule has 0 fully saturated rings. The highest BCUT2D eigenvalue weighted by Crippen LogP contribution is 2.19. The first-order valence-electron chi connectivity index (χ1n) is 6.49. The number of hydrogen-bond donors (Lipinski definition) is 2. The minimum absolute atomic E-state index is 0.101. The number of halogens is 1. The predicted molar refractivity (Wildman–Crippen MR) is 92.3 cm³/mol. The molecule has 3 nitrogen and oxygen atoms in total. The molecule has 0 bridgehead atoms. The molecule has 4 heteroatoms. The van der Waals surface area contributed by atoms with Crippen molar-refractivity contribution in [2.24, 2.45) is 0 Å². The van der Waals surface area contributed by atoms with Gasteiger partial charge in [-0.15, -0.1) is 0 Å². The second-order valence-electron chi connectivity index (χ2n) is 4.81. The van der Waals surface area contributed by atoms with Gasteiger partial charge in [-0.25, -0.2) is 0 Å². The van der Waals surface area contributed by atoms with Crippen LogP contribution in [-0.4, -0.2) is 11.9 Å². The van der Waals surface area contributed by atoms with Gasteiger partial charge < -0.3 is 10.6 Å². The highest BCUT2D eigenvalue weighted by Gasteiger charge is 2.11. The first-order valence-corrected chi connectivity index (χ1v) is 7.56. The summed E-state index contributed by atoms with van der Waals surface area (Å²) in [7, 11) is 0. The quantitative estimate of drug-likeness (QED) is 0.774. The van der Waals surface area contributed by atoms with Crippen LogP contribution in [0.3, 0.4) is 0 Å². The van der Waals surface area contributed by atoms with Crippen LogP contribution < -0.4 is 10.6 Å². The molecule has 2 rings (SSSR count). The lowest BCUT2D eigenvalue weighted by molar-refractivity contribution is 0.102. The van der Waals surface area contributed by atoms with Crippen molar-refractivity contribution >= 4 is 39.9 Å². The van der Waals surface area contributed by atoms with Gasteiger partial charge in [0.1, 0.15) is 0 Å². The Morgan fingerprint density at radius 2 is 1.85 bits per heavy atom.